The van der Waals surface area contributed by atoms with Crippen molar-refractivity contribution in [3.05, 3.63) is 78.9 Å². The van der Waals surface area contributed by atoms with Crippen molar-refractivity contribution >= 4 is 11.6 Å². The third kappa shape index (κ3) is 3.12. The van der Waals surface area contributed by atoms with Gasteiger partial charge in [0.2, 0.25) is 0 Å². The quantitative estimate of drug-likeness (QED) is 0.797. The van der Waals surface area contributed by atoms with Crippen LogP contribution < -0.4 is 5.32 Å². The standard InChI is InChI=1S/C17H13N3O/c21-17(14-6-8-18-9-7-14)20-16-10-15(11-19-12-16)13-4-2-1-3-5-13/h1-12H,(H,20,21). The van der Waals surface area contributed by atoms with Crippen molar-refractivity contribution in [2.75, 3.05) is 5.32 Å². The average molecular weight is 275 g/mol. The predicted molar refractivity (Wildman–Crippen MR) is 81.9 cm³/mol. The number of amides is 1. The van der Waals surface area contributed by atoms with Crippen molar-refractivity contribution in [3.8, 4) is 11.1 Å². The van der Waals surface area contributed by atoms with Gasteiger partial charge in [-0.05, 0) is 23.8 Å². The minimum atomic E-state index is -0.176. The average Bonchev–Trinajstić information content (AvgIpc) is 2.57. The van der Waals surface area contributed by atoms with E-state index >= 15 is 0 Å². The van der Waals surface area contributed by atoms with E-state index in [2.05, 4.69) is 15.3 Å². The SMILES string of the molecule is O=C(Nc1cncc(-c2ccccc2)c1)c1ccncc1. The molecule has 2 heterocycles. The summed E-state index contributed by atoms with van der Waals surface area (Å²) in [5.41, 5.74) is 3.25. The van der Waals surface area contributed by atoms with E-state index in [1.165, 1.54) is 0 Å². The number of benzene rings is 1. The fourth-order valence-corrected chi connectivity index (χ4v) is 2.00. The third-order valence-electron chi connectivity index (χ3n) is 3.05. The van der Waals surface area contributed by atoms with E-state index < -0.39 is 0 Å². The van der Waals surface area contributed by atoms with Gasteiger partial charge in [-0.25, -0.2) is 0 Å². The monoisotopic (exact) mass is 275 g/mol. The molecule has 0 aliphatic rings. The summed E-state index contributed by atoms with van der Waals surface area (Å²) in [6.45, 7) is 0. The highest BCUT2D eigenvalue weighted by molar-refractivity contribution is 6.04. The molecule has 2 aromatic heterocycles. The molecule has 3 rings (SSSR count). The molecule has 102 valence electrons. The molecule has 0 radical (unpaired) electrons. The molecule has 0 fully saturated rings. The Morgan fingerprint density at radius 3 is 2.38 bits per heavy atom. The van der Waals surface area contributed by atoms with Crippen LogP contribution in [0.15, 0.2) is 73.3 Å². The number of hydrogen-bond acceptors (Lipinski definition) is 3. The van der Waals surface area contributed by atoms with Crippen LogP contribution in [0.5, 0.6) is 0 Å². The molecular formula is C17H13N3O. The molecule has 1 N–H and O–H groups in total. The van der Waals surface area contributed by atoms with Crippen LogP contribution in [0.1, 0.15) is 10.4 Å². The summed E-state index contributed by atoms with van der Waals surface area (Å²) in [5, 5.41) is 2.84. The Hall–Kier alpha value is -3.01. The lowest BCUT2D eigenvalue weighted by atomic mass is 10.1. The first-order valence-corrected chi connectivity index (χ1v) is 6.55. The number of rotatable bonds is 3. The number of carbonyl (C=O) groups is 1. The Bertz CT molecular complexity index is 742. The van der Waals surface area contributed by atoms with E-state index in [0.29, 0.717) is 11.3 Å². The lowest BCUT2D eigenvalue weighted by Crippen LogP contribution is -2.12. The van der Waals surface area contributed by atoms with Crippen LogP contribution in [-0.2, 0) is 0 Å². The van der Waals surface area contributed by atoms with Gasteiger partial charge in [0, 0.05) is 29.7 Å². The maximum absolute atomic E-state index is 12.1. The van der Waals surface area contributed by atoms with E-state index in [4.69, 9.17) is 0 Å². The van der Waals surface area contributed by atoms with Gasteiger partial charge in [-0.2, -0.15) is 0 Å². The van der Waals surface area contributed by atoms with Crippen LogP contribution in [0.4, 0.5) is 5.69 Å². The van der Waals surface area contributed by atoms with Gasteiger partial charge >= 0.3 is 0 Å². The Labute approximate surface area is 122 Å². The highest BCUT2D eigenvalue weighted by Crippen LogP contribution is 2.21. The lowest BCUT2D eigenvalue weighted by Gasteiger charge is -2.07. The summed E-state index contributed by atoms with van der Waals surface area (Å²) in [4.78, 5) is 20.2. The summed E-state index contributed by atoms with van der Waals surface area (Å²) in [5.74, 6) is -0.176. The highest BCUT2D eigenvalue weighted by atomic mass is 16.1. The molecule has 0 unspecified atom stereocenters. The van der Waals surface area contributed by atoms with Crippen LogP contribution in [0.2, 0.25) is 0 Å². The van der Waals surface area contributed by atoms with Gasteiger partial charge in [0.15, 0.2) is 0 Å². The fraction of sp³-hybridized carbons (Fsp3) is 0. The molecule has 3 aromatic rings. The Balaban J connectivity index is 1.83. The molecule has 1 aromatic carbocycles. The van der Waals surface area contributed by atoms with Gasteiger partial charge in [0.05, 0.1) is 11.9 Å². The van der Waals surface area contributed by atoms with E-state index in [1.54, 1.807) is 36.9 Å². The van der Waals surface area contributed by atoms with Crippen LogP contribution in [0.25, 0.3) is 11.1 Å². The van der Waals surface area contributed by atoms with Crippen molar-refractivity contribution in [2.45, 2.75) is 0 Å². The number of pyridine rings is 2. The minimum Gasteiger partial charge on any atom is -0.321 e. The molecule has 4 nitrogen and oxygen atoms in total. The zero-order valence-corrected chi connectivity index (χ0v) is 11.2. The second-order valence-electron chi connectivity index (χ2n) is 4.52. The van der Waals surface area contributed by atoms with Crippen molar-refractivity contribution in [1.29, 1.82) is 0 Å². The van der Waals surface area contributed by atoms with Crippen molar-refractivity contribution in [3.63, 3.8) is 0 Å². The van der Waals surface area contributed by atoms with E-state index in [1.807, 2.05) is 36.4 Å². The number of hydrogen-bond donors (Lipinski definition) is 1. The summed E-state index contributed by atoms with van der Waals surface area (Å²) >= 11 is 0. The molecule has 0 bridgehead atoms. The summed E-state index contributed by atoms with van der Waals surface area (Å²) in [6.07, 6.45) is 6.59. The van der Waals surface area contributed by atoms with Crippen molar-refractivity contribution < 1.29 is 4.79 Å². The fourth-order valence-electron chi connectivity index (χ4n) is 2.00. The van der Waals surface area contributed by atoms with Gasteiger partial charge in [0.1, 0.15) is 0 Å². The molecule has 0 saturated heterocycles. The first-order valence-electron chi connectivity index (χ1n) is 6.55. The molecule has 0 atom stereocenters. The lowest BCUT2D eigenvalue weighted by molar-refractivity contribution is 0.102. The minimum absolute atomic E-state index is 0.176. The summed E-state index contributed by atoms with van der Waals surface area (Å²) in [7, 11) is 0. The van der Waals surface area contributed by atoms with Gasteiger partial charge in [-0.1, -0.05) is 30.3 Å². The summed E-state index contributed by atoms with van der Waals surface area (Å²) < 4.78 is 0. The second-order valence-corrected chi connectivity index (χ2v) is 4.52. The number of carbonyl (C=O) groups excluding carboxylic acids is 1. The Kier molecular flexibility index (Phi) is 3.69. The first-order chi connectivity index (χ1) is 10.3. The summed E-state index contributed by atoms with van der Waals surface area (Å²) in [6, 6.07) is 15.2. The van der Waals surface area contributed by atoms with Gasteiger partial charge in [0.25, 0.3) is 5.91 Å². The topological polar surface area (TPSA) is 54.9 Å². The molecular weight excluding hydrogens is 262 g/mol. The van der Waals surface area contributed by atoms with Crippen molar-refractivity contribution in [2.24, 2.45) is 0 Å². The molecule has 21 heavy (non-hydrogen) atoms. The third-order valence-corrected chi connectivity index (χ3v) is 3.05. The van der Waals surface area contributed by atoms with Gasteiger partial charge in [-0.15, -0.1) is 0 Å². The second kappa shape index (κ2) is 5.96. The molecule has 4 heteroatoms. The van der Waals surface area contributed by atoms with Gasteiger partial charge in [-0.3, -0.25) is 14.8 Å². The number of nitrogens with one attached hydrogen (secondary N) is 1. The maximum atomic E-state index is 12.1. The predicted octanol–water partition coefficient (Wildman–Crippen LogP) is 3.40. The number of aromatic nitrogens is 2. The number of anilines is 1. The smallest absolute Gasteiger partial charge is 0.255 e. The molecule has 1 amide bonds. The first kappa shape index (κ1) is 13.0. The Morgan fingerprint density at radius 1 is 0.857 bits per heavy atom. The maximum Gasteiger partial charge on any atom is 0.255 e. The Morgan fingerprint density at radius 2 is 1.62 bits per heavy atom. The molecule has 0 spiro atoms. The molecule has 0 aliphatic heterocycles. The van der Waals surface area contributed by atoms with Crippen LogP contribution in [0, 0.1) is 0 Å². The van der Waals surface area contributed by atoms with E-state index in [0.717, 1.165) is 11.1 Å². The van der Waals surface area contributed by atoms with E-state index in [-0.39, 0.29) is 5.91 Å². The zero-order chi connectivity index (χ0) is 14.5. The van der Waals surface area contributed by atoms with Crippen molar-refractivity contribution in [1.82, 2.24) is 9.97 Å². The van der Waals surface area contributed by atoms with E-state index in [9.17, 15) is 4.79 Å². The largest absolute Gasteiger partial charge is 0.321 e. The zero-order valence-electron chi connectivity index (χ0n) is 11.2. The highest BCUT2D eigenvalue weighted by Gasteiger charge is 2.06. The number of nitrogens with zero attached hydrogens (tertiary/aromatic N) is 2. The molecule has 0 saturated carbocycles. The van der Waals surface area contributed by atoms with Crippen LogP contribution in [-0.4, -0.2) is 15.9 Å². The van der Waals surface area contributed by atoms with Crippen LogP contribution in [0.3, 0.4) is 0 Å². The normalized spacial score (nSPS) is 10.1. The van der Waals surface area contributed by atoms with Crippen LogP contribution >= 0.6 is 0 Å². The van der Waals surface area contributed by atoms with Gasteiger partial charge < -0.3 is 5.32 Å². The molecule has 0 aliphatic carbocycles.